The molecule has 0 spiro atoms. The van der Waals surface area contributed by atoms with Crippen molar-refractivity contribution in [2.75, 3.05) is 46.0 Å². The molecule has 0 unspecified atom stereocenters. The second-order valence-corrected chi connectivity index (χ2v) is 4.71. The van der Waals surface area contributed by atoms with Crippen LogP contribution in [0.3, 0.4) is 0 Å². The fourth-order valence-electron chi connectivity index (χ4n) is 1.97. The Bertz CT molecular complexity index is 323. The van der Waals surface area contributed by atoms with Gasteiger partial charge in [0.2, 0.25) is 0 Å². The standard InChI is InChI=1S/C11H20N2O6/c1-11(19-6-9(16)17)7-13(8-11)10(18)12(2-4-14)3-5-15/h14-15H,2-8H2,1H3,(H,16,17). The number of urea groups is 1. The smallest absolute Gasteiger partial charge is 0.329 e. The predicted molar refractivity (Wildman–Crippen MR) is 64.7 cm³/mol. The van der Waals surface area contributed by atoms with Crippen molar-refractivity contribution in [1.29, 1.82) is 0 Å². The highest BCUT2D eigenvalue weighted by molar-refractivity contribution is 5.76. The summed E-state index contributed by atoms with van der Waals surface area (Å²) in [5, 5.41) is 26.2. The number of aliphatic hydroxyl groups is 2. The fourth-order valence-corrected chi connectivity index (χ4v) is 1.97. The van der Waals surface area contributed by atoms with Gasteiger partial charge in [-0.2, -0.15) is 0 Å². The van der Waals surface area contributed by atoms with E-state index < -0.39 is 18.2 Å². The number of carboxylic acids is 1. The molecule has 0 aliphatic carbocycles. The molecule has 3 N–H and O–H groups in total. The van der Waals surface area contributed by atoms with Gasteiger partial charge in [-0.1, -0.05) is 0 Å². The molecule has 0 aromatic rings. The van der Waals surface area contributed by atoms with Crippen molar-refractivity contribution >= 4 is 12.0 Å². The van der Waals surface area contributed by atoms with Crippen LogP contribution < -0.4 is 0 Å². The zero-order valence-corrected chi connectivity index (χ0v) is 10.9. The van der Waals surface area contributed by atoms with E-state index in [9.17, 15) is 9.59 Å². The van der Waals surface area contributed by atoms with Gasteiger partial charge >= 0.3 is 12.0 Å². The van der Waals surface area contributed by atoms with Crippen LogP contribution in [0.4, 0.5) is 4.79 Å². The van der Waals surface area contributed by atoms with Gasteiger partial charge in [-0.25, -0.2) is 9.59 Å². The van der Waals surface area contributed by atoms with Crippen molar-refractivity contribution < 1.29 is 29.6 Å². The number of aliphatic hydroxyl groups excluding tert-OH is 2. The third-order valence-electron chi connectivity index (χ3n) is 2.88. The number of ether oxygens (including phenoxy) is 1. The van der Waals surface area contributed by atoms with Crippen LogP contribution in [0.15, 0.2) is 0 Å². The van der Waals surface area contributed by atoms with Crippen LogP contribution in [-0.4, -0.2) is 88.7 Å². The first-order valence-electron chi connectivity index (χ1n) is 6.03. The molecule has 0 saturated carbocycles. The molecular formula is C11H20N2O6. The Kier molecular flexibility index (Phi) is 5.52. The van der Waals surface area contributed by atoms with Crippen LogP contribution in [-0.2, 0) is 9.53 Å². The number of rotatable bonds is 7. The average molecular weight is 276 g/mol. The minimum atomic E-state index is -1.05. The van der Waals surface area contributed by atoms with E-state index in [1.165, 1.54) is 9.80 Å². The van der Waals surface area contributed by atoms with Gasteiger partial charge in [0.15, 0.2) is 0 Å². The number of likely N-dealkylation sites (tertiary alicyclic amines) is 1. The quantitative estimate of drug-likeness (QED) is 0.526. The zero-order valence-electron chi connectivity index (χ0n) is 10.9. The lowest BCUT2D eigenvalue weighted by Crippen LogP contribution is -2.66. The number of amides is 2. The molecule has 0 aromatic carbocycles. The van der Waals surface area contributed by atoms with Gasteiger partial charge in [-0.3, -0.25) is 0 Å². The van der Waals surface area contributed by atoms with Gasteiger partial charge in [0.1, 0.15) is 12.2 Å². The second kappa shape index (κ2) is 6.69. The van der Waals surface area contributed by atoms with Crippen LogP contribution in [0.2, 0.25) is 0 Å². The van der Waals surface area contributed by atoms with E-state index in [2.05, 4.69) is 0 Å². The van der Waals surface area contributed by atoms with Crippen molar-refractivity contribution in [1.82, 2.24) is 9.80 Å². The topological polar surface area (TPSA) is 111 Å². The number of nitrogens with zero attached hydrogens (tertiary/aromatic N) is 2. The van der Waals surface area contributed by atoms with E-state index in [0.29, 0.717) is 13.1 Å². The maximum absolute atomic E-state index is 12.0. The van der Waals surface area contributed by atoms with Crippen LogP contribution in [0.1, 0.15) is 6.92 Å². The lowest BCUT2D eigenvalue weighted by atomic mass is 9.97. The van der Waals surface area contributed by atoms with Crippen molar-refractivity contribution in [3.63, 3.8) is 0 Å². The molecule has 8 heteroatoms. The van der Waals surface area contributed by atoms with E-state index in [1.807, 2.05) is 0 Å². The molecule has 1 heterocycles. The van der Waals surface area contributed by atoms with Gasteiger partial charge in [-0.15, -0.1) is 0 Å². The first kappa shape index (κ1) is 15.7. The molecule has 1 aliphatic heterocycles. The lowest BCUT2D eigenvalue weighted by molar-refractivity contribution is -0.160. The van der Waals surface area contributed by atoms with Gasteiger partial charge in [0.05, 0.1) is 26.3 Å². The molecule has 8 nitrogen and oxygen atoms in total. The SMILES string of the molecule is CC1(OCC(=O)O)CN(C(=O)N(CCO)CCO)C1. The molecule has 1 fully saturated rings. The molecule has 0 bridgehead atoms. The Morgan fingerprint density at radius 2 is 1.79 bits per heavy atom. The van der Waals surface area contributed by atoms with Crippen LogP contribution in [0.5, 0.6) is 0 Å². The van der Waals surface area contributed by atoms with Crippen LogP contribution in [0, 0.1) is 0 Å². The molecule has 2 amide bonds. The summed E-state index contributed by atoms with van der Waals surface area (Å²) in [4.78, 5) is 25.2. The molecule has 0 atom stereocenters. The highest BCUT2D eigenvalue weighted by Crippen LogP contribution is 2.25. The molecule has 0 aromatic heterocycles. The predicted octanol–water partition coefficient (Wildman–Crippen LogP) is -1.43. The number of hydrogen-bond donors (Lipinski definition) is 3. The number of hydrogen-bond acceptors (Lipinski definition) is 5. The summed E-state index contributed by atoms with van der Waals surface area (Å²) >= 11 is 0. The van der Waals surface area contributed by atoms with Gasteiger partial charge in [0.25, 0.3) is 0 Å². The molecule has 110 valence electrons. The molecule has 0 radical (unpaired) electrons. The summed E-state index contributed by atoms with van der Waals surface area (Å²) in [7, 11) is 0. The summed E-state index contributed by atoms with van der Waals surface area (Å²) in [6.45, 7) is 1.90. The molecule has 1 aliphatic rings. The Hall–Kier alpha value is -1.38. The Labute approximate surface area is 111 Å². The Morgan fingerprint density at radius 1 is 1.26 bits per heavy atom. The minimum Gasteiger partial charge on any atom is -0.480 e. The van der Waals surface area contributed by atoms with Crippen LogP contribution in [0.25, 0.3) is 0 Å². The molecule has 1 saturated heterocycles. The summed E-state index contributed by atoms with van der Waals surface area (Å²) in [6.07, 6.45) is 0. The van der Waals surface area contributed by atoms with E-state index in [4.69, 9.17) is 20.1 Å². The summed E-state index contributed by atoms with van der Waals surface area (Å²) in [5.41, 5.74) is -0.641. The van der Waals surface area contributed by atoms with Gasteiger partial charge < -0.3 is 29.9 Å². The van der Waals surface area contributed by atoms with Gasteiger partial charge in [-0.05, 0) is 6.92 Å². The number of carbonyl (C=O) groups excluding carboxylic acids is 1. The van der Waals surface area contributed by atoms with Crippen molar-refractivity contribution in [3.8, 4) is 0 Å². The maximum Gasteiger partial charge on any atom is 0.329 e. The first-order chi connectivity index (χ1) is 8.91. The average Bonchev–Trinajstić information content (AvgIpc) is 2.32. The summed E-state index contributed by atoms with van der Waals surface area (Å²) < 4.78 is 5.20. The van der Waals surface area contributed by atoms with Crippen molar-refractivity contribution in [2.24, 2.45) is 0 Å². The summed E-state index contributed by atoms with van der Waals surface area (Å²) in [6, 6.07) is -0.292. The monoisotopic (exact) mass is 276 g/mol. The van der Waals surface area contributed by atoms with E-state index in [1.54, 1.807) is 6.92 Å². The van der Waals surface area contributed by atoms with Crippen molar-refractivity contribution in [3.05, 3.63) is 0 Å². The van der Waals surface area contributed by atoms with Gasteiger partial charge in [0, 0.05) is 13.1 Å². The van der Waals surface area contributed by atoms with Crippen molar-refractivity contribution in [2.45, 2.75) is 12.5 Å². The van der Waals surface area contributed by atoms with E-state index in [0.717, 1.165) is 0 Å². The van der Waals surface area contributed by atoms with E-state index >= 15 is 0 Å². The molecule has 19 heavy (non-hydrogen) atoms. The first-order valence-corrected chi connectivity index (χ1v) is 6.03. The Morgan fingerprint density at radius 3 is 2.21 bits per heavy atom. The maximum atomic E-state index is 12.0. The molecular weight excluding hydrogens is 256 g/mol. The normalized spacial score (nSPS) is 16.9. The number of carboxylic acid groups (broad SMARTS) is 1. The Balaban J connectivity index is 2.42. The fraction of sp³-hybridized carbons (Fsp3) is 0.818. The molecule has 1 rings (SSSR count). The number of carbonyl (C=O) groups is 2. The summed E-state index contributed by atoms with van der Waals surface area (Å²) in [5.74, 6) is -1.05. The second-order valence-electron chi connectivity index (χ2n) is 4.71. The highest BCUT2D eigenvalue weighted by Gasteiger charge is 2.43. The highest BCUT2D eigenvalue weighted by atomic mass is 16.5. The van der Waals surface area contributed by atoms with Crippen LogP contribution >= 0.6 is 0 Å². The van der Waals surface area contributed by atoms with E-state index in [-0.39, 0.29) is 32.3 Å². The zero-order chi connectivity index (χ0) is 14.5. The third kappa shape index (κ3) is 4.34. The largest absolute Gasteiger partial charge is 0.480 e. The third-order valence-corrected chi connectivity index (χ3v) is 2.88. The minimum absolute atomic E-state index is 0.155. The number of aliphatic carboxylic acids is 1. The lowest BCUT2D eigenvalue weighted by Gasteiger charge is -2.48.